The molecule has 0 heterocycles. The lowest BCUT2D eigenvalue weighted by atomic mass is 10.0. The van der Waals surface area contributed by atoms with Crippen molar-refractivity contribution in [1.29, 1.82) is 0 Å². The Bertz CT molecular complexity index is 951. The molecule has 2 atom stereocenters. The summed E-state index contributed by atoms with van der Waals surface area (Å²) in [6.07, 6.45) is 15.9. The summed E-state index contributed by atoms with van der Waals surface area (Å²) in [5.41, 5.74) is 4.24. The second-order valence-electron chi connectivity index (χ2n) is 6.38. The molecule has 0 saturated carbocycles. The number of hydrogen-bond donors (Lipinski definition) is 0. The van der Waals surface area contributed by atoms with Crippen molar-refractivity contribution in [3.05, 3.63) is 133 Å². The lowest BCUT2D eigenvalue weighted by Gasteiger charge is -2.19. The molecule has 0 aromatic heterocycles. The molecule has 3 heteroatoms. The molecule has 2 nitrogen and oxygen atoms in total. The van der Waals surface area contributed by atoms with Gasteiger partial charge in [-0.3, -0.25) is 0 Å². The van der Waals surface area contributed by atoms with Crippen LogP contribution in [0.15, 0.2) is 122 Å². The van der Waals surface area contributed by atoms with E-state index in [1.807, 2.05) is 98.0 Å². The zero-order valence-corrected chi connectivity index (χ0v) is 17.5. The van der Waals surface area contributed by atoms with Crippen LogP contribution in [0, 0.1) is 0 Å². The van der Waals surface area contributed by atoms with Crippen LogP contribution >= 0.6 is 9.03 Å². The lowest BCUT2D eigenvalue weighted by Crippen LogP contribution is -2.08. The minimum absolute atomic E-state index is 0.170. The molecule has 29 heavy (non-hydrogen) atoms. The maximum atomic E-state index is 6.10. The Labute approximate surface area is 175 Å². The standard InChI is InChI=1S/C26H25O2P/c1-3-4-18-24(22-14-8-5-9-15-22)21(2)27-29-28-26-20-13-7-12-19-25(26)23-16-10-6-11-17-23/h3-20,26,29H,2H2,1H3/b4-3-,24-18+. The van der Waals surface area contributed by atoms with Crippen LogP contribution in [0.3, 0.4) is 0 Å². The SMILES string of the molecule is C=C(OPOC1C=CC=CC=C1c1ccccc1)/C(=C\C=C/C)c1ccccc1. The maximum absolute atomic E-state index is 6.10. The summed E-state index contributed by atoms with van der Waals surface area (Å²) in [6.45, 7) is 6.10. The van der Waals surface area contributed by atoms with Crippen LogP contribution in [-0.4, -0.2) is 6.10 Å². The Hall–Kier alpha value is -2.93. The Morgan fingerprint density at radius 2 is 1.69 bits per heavy atom. The van der Waals surface area contributed by atoms with E-state index in [4.69, 9.17) is 9.05 Å². The smallest absolute Gasteiger partial charge is 0.216 e. The van der Waals surface area contributed by atoms with Gasteiger partial charge >= 0.3 is 0 Å². The Morgan fingerprint density at radius 3 is 2.41 bits per heavy atom. The average Bonchev–Trinajstić information content (AvgIpc) is 3.01. The molecule has 0 aliphatic heterocycles. The predicted octanol–water partition coefficient (Wildman–Crippen LogP) is 7.28. The second kappa shape index (κ2) is 11.2. The number of rotatable bonds is 8. The maximum Gasteiger partial charge on any atom is 0.216 e. The zero-order chi connectivity index (χ0) is 20.3. The van der Waals surface area contributed by atoms with Gasteiger partial charge in [-0.15, -0.1) is 0 Å². The molecule has 0 radical (unpaired) electrons. The van der Waals surface area contributed by atoms with Gasteiger partial charge in [0.2, 0.25) is 9.03 Å². The summed E-state index contributed by atoms with van der Waals surface area (Å²) < 4.78 is 12.0. The first-order valence-electron chi connectivity index (χ1n) is 9.55. The molecule has 146 valence electrons. The first kappa shape index (κ1) is 20.8. The molecule has 3 rings (SSSR count). The molecule has 0 bridgehead atoms. The molecular formula is C26H25O2P. The molecule has 1 aliphatic rings. The molecule has 0 N–H and O–H groups in total. The molecule has 0 spiro atoms. The van der Waals surface area contributed by atoms with Crippen molar-refractivity contribution in [3.8, 4) is 0 Å². The van der Waals surface area contributed by atoms with Crippen molar-refractivity contribution in [2.45, 2.75) is 13.0 Å². The highest BCUT2D eigenvalue weighted by molar-refractivity contribution is 7.26. The summed E-state index contributed by atoms with van der Waals surface area (Å²) in [4.78, 5) is 0. The molecule has 2 aromatic carbocycles. The van der Waals surface area contributed by atoms with Gasteiger partial charge in [-0.05, 0) is 23.6 Å². The first-order valence-corrected chi connectivity index (χ1v) is 10.4. The molecule has 0 fully saturated rings. The van der Waals surface area contributed by atoms with Crippen LogP contribution in [0.1, 0.15) is 18.1 Å². The molecule has 0 saturated heterocycles. The van der Waals surface area contributed by atoms with E-state index in [9.17, 15) is 0 Å². The summed E-state index contributed by atoms with van der Waals surface area (Å²) >= 11 is 0. The van der Waals surface area contributed by atoms with Gasteiger partial charge in [-0.1, -0.05) is 116 Å². The normalized spacial score (nSPS) is 16.9. The summed E-state index contributed by atoms with van der Waals surface area (Å²) in [5, 5.41) is 0. The monoisotopic (exact) mass is 400 g/mol. The highest BCUT2D eigenvalue weighted by Gasteiger charge is 2.16. The third-order valence-electron chi connectivity index (χ3n) is 4.38. The third kappa shape index (κ3) is 6.02. The van der Waals surface area contributed by atoms with Crippen LogP contribution in [-0.2, 0) is 9.05 Å². The van der Waals surface area contributed by atoms with Gasteiger partial charge in [0.05, 0.1) is 0 Å². The van der Waals surface area contributed by atoms with Gasteiger partial charge in [0.1, 0.15) is 11.9 Å². The minimum Gasteiger partial charge on any atom is -0.450 e. The van der Waals surface area contributed by atoms with Crippen molar-refractivity contribution in [2.75, 3.05) is 0 Å². The number of hydrogen-bond acceptors (Lipinski definition) is 2. The van der Waals surface area contributed by atoms with E-state index in [1.54, 1.807) is 0 Å². The first-order chi connectivity index (χ1) is 14.3. The molecule has 2 unspecified atom stereocenters. The third-order valence-corrected chi connectivity index (χ3v) is 5.06. The fourth-order valence-corrected chi connectivity index (χ4v) is 3.49. The topological polar surface area (TPSA) is 18.5 Å². The van der Waals surface area contributed by atoms with Crippen molar-refractivity contribution < 1.29 is 9.05 Å². The van der Waals surface area contributed by atoms with E-state index in [0.717, 1.165) is 22.3 Å². The second-order valence-corrected chi connectivity index (χ2v) is 6.98. The van der Waals surface area contributed by atoms with Crippen LogP contribution in [0.25, 0.3) is 11.1 Å². The zero-order valence-electron chi connectivity index (χ0n) is 16.5. The Kier molecular flexibility index (Phi) is 8.01. The van der Waals surface area contributed by atoms with E-state index >= 15 is 0 Å². The fraction of sp³-hybridized carbons (Fsp3) is 0.0769. The van der Waals surface area contributed by atoms with Gasteiger partial charge in [0.25, 0.3) is 0 Å². The highest BCUT2D eigenvalue weighted by atomic mass is 31.1. The quantitative estimate of drug-likeness (QED) is 0.263. The van der Waals surface area contributed by atoms with Crippen molar-refractivity contribution in [1.82, 2.24) is 0 Å². The molecule has 0 amide bonds. The van der Waals surface area contributed by atoms with Gasteiger partial charge in [-0.25, -0.2) is 0 Å². The van der Waals surface area contributed by atoms with Gasteiger partial charge in [-0.2, -0.15) is 0 Å². The highest BCUT2D eigenvalue weighted by Crippen LogP contribution is 2.34. The van der Waals surface area contributed by atoms with Crippen LogP contribution in [0.4, 0.5) is 0 Å². The van der Waals surface area contributed by atoms with E-state index in [1.165, 1.54) is 0 Å². The van der Waals surface area contributed by atoms with Crippen molar-refractivity contribution in [2.24, 2.45) is 0 Å². The van der Waals surface area contributed by atoms with Gasteiger partial charge in [0, 0.05) is 5.57 Å². The van der Waals surface area contributed by atoms with Gasteiger partial charge in [0.15, 0.2) is 0 Å². The molecule has 2 aromatic rings. The number of benzene rings is 2. The minimum atomic E-state index is -0.182. The molecule has 1 aliphatic carbocycles. The predicted molar refractivity (Wildman–Crippen MR) is 125 cm³/mol. The van der Waals surface area contributed by atoms with Crippen molar-refractivity contribution in [3.63, 3.8) is 0 Å². The lowest BCUT2D eigenvalue weighted by molar-refractivity contribution is 0.300. The molecular weight excluding hydrogens is 375 g/mol. The van der Waals surface area contributed by atoms with Gasteiger partial charge < -0.3 is 9.05 Å². The Balaban J connectivity index is 1.68. The number of allylic oxidation sites excluding steroid dienone is 8. The summed E-state index contributed by atoms with van der Waals surface area (Å²) in [5.74, 6) is 0.591. The van der Waals surface area contributed by atoms with Crippen LogP contribution in [0.2, 0.25) is 0 Å². The van der Waals surface area contributed by atoms with E-state index in [-0.39, 0.29) is 15.1 Å². The largest absolute Gasteiger partial charge is 0.450 e. The summed E-state index contributed by atoms with van der Waals surface area (Å²) in [6, 6.07) is 20.4. The Morgan fingerprint density at radius 1 is 0.966 bits per heavy atom. The fourth-order valence-electron chi connectivity index (χ4n) is 2.92. The van der Waals surface area contributed by atoms with E-state index in [0.29, 0.717) is 5.76 Å². The summed E-state index contributed by atoms with van der Waals surface area (Å²) in [7, 11) is -0.170. The van der Waals surface area contributed by atoms with Crippen LogP contribution in [0.5, 0.6) is 0 Å². The van der Waals surface area contributed by atoms with Crippen molar-refractivity contribution >= 4 is 20.2 Å². The average molecular weight is 400 g/mol. The van der Waals surface area contributed by atoms with E-state index in [2.05, 4.69) is 24.8 Å². The van der Waals surface area contributed by atoms with Crippen LogP contribution < -0.4 is 0 Å². The van der Waals surface area contributed by atoms with E-state index < -0.39 is 0 Å².